The minimum Gasteiger partial charge on any atom is -0.375 e. The van der Waals surface area contributed by atoms with Crippen molar-refractivity contribution in [3.8, 4) is 0 Å². The Labute approximate surface area is 129 Å². The van der Waals surface area contributed by atoms with Crippen molar-refractivity contribution >= 4 is 39.6 Å². The molecule has 2 amide bonds. The predicted molar refractivity (Wildman–Crippen MR) is 82.7 cm³/mol. The number of nitrogens with zero attached hydrogens (tertiary/aromatic N) is 3. The molecule has 3 heterocycles. The molecular weight excluding hydrogens is 308 g/mol. The van der Waals surface area contributed by atoms with Gasteiger partial charge in [-0.3, -0.25) is 9.59 Å². The Bertz CT molecular complexity index is 645. The molecule has 0 atom stereocenters. The lowest BCUT2D eigenvalue weighted by Gasteiger charge is -2.34. The molecule has 0 saturated carbocycles. The average Bonchev–Trinajstić information content (AvgIpc) is 3.17. The fraction of sp³-hybridized carbons (Fsp3) is 0.308. The van der Waals surface area contributed by atoms with Gasteiger partial charge in [-0.25, -0.2) is 4.98 Å². The Hall–Kier alpha value is -1.93. The van der Waals surface area contributed by atoms with Crippen LogP contribution >= 0.6 is 22.7 Å². The molecule has 0 radical (unpaired) electrons. The SMILES string of the molecule is Nc1nc(C(=O)N2CCN(C(=O)c3ccsc3)CC2)cs1. The Morgan fingerprint density at radius 2 is 1.76 bits per heavy atom. The maximum Gasteiger partial charge on any atom is 0.273 e. The summed E-state index contributed by atoms with van der Waals surface area (Å²) in [7, 11) is 0. The number of nitrogen functional groups attached to an aromatic ring is 1. The van der Waals surface area contributed by atoms with Crippen molar-refractivity contribution in [2.45, 2.75) is 0 Å². The van der Waals surface area contributed by atoms with Crippen LogP contribution in [0, 0.1) is 0 Å². The molecule has 0 bridgehead atoms. The van der Waals surface area contributed by atoms with Crippen molar-refractivity contribution in [1.82, 2.24) is 14.8 Å². The maximum atomic E-state index is 12.2. The van der Waals surface area contributed by atoms with Gasteiger partial charge >= 0.3 is 0 Å². The molecule has 2 aromatic rings. The number of hydrogen-bond acceptors (Lipinski definition) is 6. The van der Waals surface area contributed by atoms with Gasteiger partial charge in [0.05, 0.1) is 5.56 Å². The highest BCUT2D eigenvalue weighted by Crippen LogP contribution is 2.16. The number of rotatable bonds is 2. The van der Waals surface area contributed by atoms with Crippen molar-refractivity contribution in [1.29, 1.82) is 0 Å². The van der Waals surface area contributed by atoms with Gasteiger partial charge in [0, 0.05) is 36.9 Å². The van der Waals surface area contributed by atoms with E-state index >= 15 is 0 Å². The molecule has 1 saturated heterocycles. The van der Waals surface area contributed by atoms with Gasteiger partial charge in [0.15, 0.2) is 5.13 Å². The molecule has 6 nitrogen and oxygen atoms in total. The quantitative estimate of drug-likeness (QED) is 0.906. The first-order chi connectivity index (χ1) is 10.1. The Balaban J connectivity index is 1.60. The second-order valence-electron chi connectivity index (χ2n) is 4.67. The first-order valence-corrected chi connectivity index (χ1v) is 8.29. The first-order valence-electron chi connectivity index (χ1n) is 6.47. The normalized spacial score (nSPS) is 15.2. The number of nitrogens with two attached hydrogens (primary N) is 1. The molecule has 8 heteroatoms. The number of hydrogen-bond donors (Lipinski definition) is 1. The third-order valence-corrected chi connectivity index (χ3v) is 4.72. The highest BCUT2D eigenvalue weighted by molar-refractivity contribution is 7.13. The fourth-order valence-electron chi connectivity index (χ4n) is 2.23. The monoisotopic (exact) mass is 322 g/mol. The molecule has 110 valence electrons. The summed E-state index contributed by atoms with van der Waals surface area (Å²) in [5.74, 6) is -0.0909. The van der Waals surface area contributed by atoms with Crippen LogP contribution in [0.4, 0.5) is 5.13 Å². The molecule has 1 aliphatic heterocycles. The standard InChI is InChI=1S/C13H14N4O2S2/c14-13-15-10(8-21-13)12(19)17-4-2-16(3-5-17)11(18)9-1-6-20-7-9/h1,6-8H,2-5H2,(H2,14,15). The van der Waals surface area contributed by atoms with Crippen molar-refractivity contribution in [2.75, 3.05) is 31.9 Å². The van der Waals surface area contributed by atoms with E-state index in [2.05, 4.69) is 4.98 Å². The zero-order valence-corrected chi connectivity index (χ0v) is 12.8. The van der Waals surface area contributed by atoms with Crippen LogP contribution in [0.5, 0.6) is 0 Å². The lowest BCUT2D eigenvalue weighted by atomic mass is 10.2. The topological polar surface area (TPSA) is 79.5 Å². The molecule has 3 rings (SSSR count). The fourth-order valence-corrected chi connectivity index (χ4v) is 3.40. The van der Waals surface area contributed by atoms with Crippen LogP contribution in [-0.2, 0) is 0 Å². The highest BCUT2D eigenvalue weighted by Gasteiger charge is 2.26. The van der Waals surface area contributed by atoms with Crippen molar-refractivity contribution in [2.24, 2.45) is 0 Å². The molecular formula is C13H14N4O2S2. The third-order valence-electron chi connectivity index (χ3n) is 3.36. The van der Waals surface area contributed by atoms with Crippen LogP contribution in [0.2, 0.25) is 0 Å². The van der Waals surface area contributed by atoms with Crippen LogP contribution < -0.4 is 5.73 Å². The maximum absolute atomic E-state index is 12.2. The van der Waals surface area contributed by atoms with E-state index < -0.39 is 0 Å². The smallest absolute Gasteiger partial charge is 0.273 e. The Kier molecular flexibility index (Phi) is 3.89. The molecule has 21 heavy (non-hydrogen) atoms. The lowest BCUT2D eigenvalue weighted by Crippen LogP contribution is -2.50. The van der Waals surface area contributed by atoms with Crippen LogP contribution in [-0.4, -0.2) is 52.8 Å². The minimum atomic E-state index is -0.120. The van der Waals surface area contributed by atoms with E-state index in [1.807, 2.05) is 16.8 Å². The number of amides is 2. The molecule has 2 N–H and O–H groups in total. The summed E-state index contributed by atoms with van der Waals surface area (Å²) < 4.78 is 0. The number of thiophene rings is 1. The number of thiazole rings is 1. The number of anilines is 1. The van der Waals surface area contributed by atoms with E-state index in [9.17, 15) is 9.59 Å². The van der Waals surface area contributed by atoms with E-state index in [0.29, 0.717) is 42.6 Å². The van der Waals surface area contributed by atoms with E-state index in [1.165, 1.54) is 22.7 Å². The number of carbonyl (C=O) groups is 2. The first kappa shape index (κ1) is 14.0. The van der Waals surface area contributed by atoms with Gasteiger partial charge in [0.1, 0.15) is 5.69 Å². The third kappa shape index (κ3) is 2.91. The van der Waals surface area contributed by atoms with Gasteiger partial charge in [-0.2, -0.15) is 11.3 Å². The zero-order chi connectivity index (χ0) is 14.8. The van der Waals surface area contributed by atoms with Crippen LogP contribution in [0.25, 0.3) is 0 Å². The molecule has 1 fully saturated rings. The summed E-state index contributed by atoms with van der Waals surface area (Å²) in [5.41, 5.74) is 6.65. The van der Waals surface area contributed by atoms with Gasteiger partial charge < -0.3 is 15.5 Å². The number of piperazine rings is 1. The Morgan fingerprint density at radius 1 is 1.10 bits per heavy atom. The highest BCUT2D eigenvalue weighted by atomic mass is 32.1. The second kappa shape index (κ2) is 5.82. The predicted octanol–water partition coefficient (Wildman–Crippen LogP) is 1.39. The largest absolute Gasteiger partial charge is 0.375 e. The molecule has 0 spiro atoms. The van der Waals surface area contributed by atoms with Gasteiger partial charge in [-0.05, 0) is 11.4 Å². The van der Waals surface area contributed by atoms with Gasteiger partial charge in [-0.15, -0.1) is 11.3 Å². The molecule has 0 unspecified atom stereocenters. The molecule has 2 aromatic heterocycles. The van der Waals surface area contributed by atoms with Crippen molar-refractivity contribution in [3.05, 3.63) is 33.5 Å². The van der Waals surface area contributed by atoms with Crippen molar-refractivity contribution < 1.29 is 9.59 Å². The summed E-state index contributed by atoms with van der Waals surface area (Å²) in [6, 6.07) is 1.82. The van der Waals surface area contributed by atoms with Crippen LogP contribution in [0.1, 0.15) is 20.8 Å². The average molecular weight is 322 g/mol. The molecule has 0 aromatic carbocycles. The van der Waals surface area contributed by atoms with Gasteiger partial charge in [-0.1, -0.05) is 0 Å². The summed E-state index contributed by atoms with van der Waals surface area (Å²) in [4.78, 5) is 31.9. The summed E-state index contributed by atoms with van der Waals surface area (Å²) in [5, 5.41) is 5.79. The molecule has 0 aliphatic carbocycles. The summed E-state index contributed by atoms with van der Waals surface area (Å²) in [6.07, 6.45) is 0. The van der Waals surface area contributed by atoms with Gasteiger partial charge in [0.25, 0.3) is 11.8 Å². The number of aromatic nitrogens is 1. The van der Waals surface area contributed by atoms with E-state index in [4.69, 9.17) is 5.73 Å². The van der Waals surface area contributed by atoms with Crippen LogP contribution in [0.15, 0.2) is 22.2 Å². The minimum absolute atomic E-state index is 0.0289. The summed E-state index contributed by atoms with van der Waals surface area (Å²) in [6.45, 7) is 2.12. The van der Waals surface area contributed by atoms with E-state index in [1.54, 1.807) is 15.2 Å². The zero-order valence-electron chi connectivity index (χ0n) is 11.2. The molecule has 1 aliphatic rings. The number of carbonyl (C=O) groups excluding carboxylic acids is 2. The van der Waals surface area contributed by atoms with Crippen LogP contribution in [0.3, 0.4) is 0 Å². The second-order valence-corrected chi connectivity index (χ2v) is 6.34. The van der Waals surface area contributed by atoms with E-state index in [-0.39, 0.29) is 11.8 Å². The summed E-state index contributed by atoms with van der Waals surface area (Å²) >= 11 is 2.76. The van der Waals surface area contributed by atoms with E-state index in [0.717, 1.165) is 0 Å². The van der Waals surface area contributed by atoms with Crippen molar-refractivity contribution in [3.63, 3.8) is 0 Å². The Morgan fingerprint density at radius 3 is 2.29 bits per heavy atom. The van der Waals surface area contributed by atoms with Gasteiger partial charge in [0.2, 0.25) is 0 Å². The lowest BCUT2D eigenvalue weighted by molar-refractivity contribution is 0.0533.